The molecule has 0 radical (unpaired) electrons. The first kappa shape index (κ1) is 18.7. The maximum Gasteiger partial charge on any atom is 2.00 e. The molecule has 0 aliphatic rings. The minimum absolute atomic E-state index is 0. The van der Waals surface area contributed by atoms with E-state index in [0.29, 0.717) is 0 Å². The topological polar surface area (TPSA) is 0 Å². The molecule has 0 rings (SSSR count). The minimum Gasteiger partial charge on any atom is -1.00 e. The van der Waals surface area contributed by atoms with Gasteiger partial charge in [-0.1, -0.05) is 0 Å². The van der Waals surface area contributed by atoms with Crippen LogP contribution >= 0.6 is 0 Å². The average molecular weight is 133 g/mol. The summed E-state index contributed by atoms with van der Waals surface area (Å²) in [5, 5.41) is 0. The zero-order valence-electron chi connectivity index (χ0n) is 2.79. The first-order valence-corrected chi connectivity index (χ1v) is 0.707. The first-order chi connectivity index (χ1) is 1.00. The first-order valence-electron chi connectivity index (χ1n) is 0.707. The molecule has 0 bridgehead atoms. The van der Waals surface area contributed by atoms with E-state index in [0.717, 1.165) is 0 Å². The van der Waals surface area contributed by atoms with E-state index in [-0.39, 0.29) is 40.0 Å². The Bertz CT molecular complexity index is 6.00. The van der Waals surface area contributed by atoms with E-state index in [9.17, 15) is 0 Å². The van der Waals surface area contributed by atoms with Gasteiger partial charge in [0.1, 0.15) is 0 Å². The Balaban J connectivity index is -0.00000000500. The predicted octanol–water partition coefficient (Wildman–Crippen LogP) is -2.54. The van der Waals surface area contributed by atoms with E-state index in [1.807, 2.05) is 0 Å². The fraction of sp³-hybridized carbons (Fsp3) is 0.500. The molecule has 4 heavy (non-hydrogen) atoms. The summed E-state index contributed by atoms with van der Waals surface area (Å²) in [7, 11) is 0. The molecule has 22 valence electrons. The van der Waals surface area contributed by atoms with Gasteiger partial charge >= 0.3 is 23.1 Å². The van der Waals surface area contributed by atoms with E-state index in [1.165, 1.54) is 0 Å². The molecule has 0 aliphatic carbocycles. The Morgan fingerprint density at radius 2 is 1.25 bits per heavy atom. The molecule has 0 aliphatic heterocycles. The molecule has 0 spiro atoms. The molecule has 0 aromatic rings. The van der Waals surface area contributed by atoms with Crippen molar-refractivity contribution in [2.45, 2.75) is 6.92 Å². The number of rotatable bonds is 0. The molecule has 0 saturated heterocycles. The van der Waals surface area contributed by atoms with E-state index >= 15 is 0 Å². The summed E-state index contributed by atoms with van der Waals surface area (Å²) < 4.78 is 0. The van der Waals surface area contributed by atoms with Crippen LogP contribution in [-0.4, -0.2) is 23.1 Å². The Morgan fingerprint density at radius 1 is 1.25 bits per heavy atom. The molecule has 0 saturated carbocycles. The zero-order valence-corrected chi connectivity index (χ0v) is 5.79. The second-order valence-electron chi connectivity index (χ2n) is 0. The van der Waals surface area contributed by atoms with Crippen molar-refractivity contribution in [1.82, 2.24) is 0 Å². The van der Waals surface area contributed by atoms with Crippen LogP contribution in [0.25, 0.3) is 0 Å². The second kappa shape index (κ2) is 28.8. The molecule has 0 amide bonds. The SMILES string of the molecule is [Br-].[CH2-]C.[Mg+2]. The molecule has 2 heteroatoms. The van der Waals surface area contributed by atoms with Crippen LogP contribution < -0.4 is 17.0 Å². The molecule has 0 aromatic heterocycles. The summed E-state index contributed by atoms with van der Waals surface area (Å²) in [6.07, 6.45) is 0. The second-order valence-corrected chi connectivity index (χ2v) is 0. The third-order valence-corrected chi connectivity index (χ3v) is 0. The monoisotopic (exact) mass is 132 g/mol. The van der Waals surface area contributed by atoms with E-state index in [4.69, 9.17) is 0 Å². The summed E-state index contributed by atoms with van der Waals surface area (Å²) in [6.45, 7) is 5.00. The van der Waals surface area contributed by atoms with E-state index < -0.39 is 0 Å². The smallest absolute Gasteiger partial charge is 1.00 e. The summed E-state index contributed by atoms with van der Waals surface area (Å²) in [5.74, 6) is 0. The van der Waals surface area contributed by atoms with Gasteiger partial charge in [0.15, 0.2) is 0 Å². The molecule has 0 atom stereocenters. The van der Waals surface area contributed by atoms with Crippen LogP contribution in [0.2, 0.25) is 0 Å². The maximum absolute atomic E-state index is 3.25. The van der Waals surface area contributed by atoms with Crippen LogP contribution in [0, 0.1) is 6.92 Å². The zero-order chi connectivity index (χ0) is 2.00. The number of halogens is 1. The van der Waals surface area contributed by atoms with Crippen molar-refractivity contribution in [2.24, 2.45) is 0 Å². The summed E-state index contributed by atoms with van der Waals surface area (Å²) in [4.78, 5) is 0. The van der Waals surface area contributed by atoms with Crippen LogP contribution in [0.3, 0.4) is 0 Å². The Hall–Kier alpha value is 1.25. The van der Waals surface area contributed by atoms with E-state index in [1.54, 1.807) is 6.92 Å². The maximum atomic E-state index is 3.25. The largest absolute Gasteiger partial charge is 2.00 e. The number of hydrogen-bond acceptors (Lipinski definition) is 0. The molecule has 0 unspecified atom stereocenters. The quantitative estimate of drug-likeness (QED) is 0.252. The van der Waals surface area contributed by atoms with Gasteiger partial charge in [0.05, 0.1) is 0 Å². The van der Waals surface area contributed by atoms with Gasteiger partial charge in [-0.3, -0.25) is 0 Å². The molecule has 0 nitrogen and oxygen atoms in total. The van der Waals surface area contributed by atoms with Gasteiger partial charge in [-0.15, -0.1) is 0 Å². The standard InChI is InChI=1S/C2H5.BrH.Mg/c1-2;;/h1H2,2H3;1H;/q-1;;+2/p-1. The molecule has 0 fully saturated rings. The summed E-state index contributed by atoms with van der Waals surface area (Å²) in [6, 6.07) is 0. The van der Waals surface area contributed by atoms with Crippen molar-refractivity contribution < 1.29 is 17.0 Å². The van der Waals surface area contributed by atoms with Crippen molar-refractivity contribution in [3.05, 3.63) is 6.92 Å². The van der Waals surface area contributed by atoms with Crippen molar-refractivity contribution in [2.75, 3.05) is 0 Å². The molecular formula is C2H5BrMg. The van der Waals surface area contributed by atoms with Crippen LogP contribution in [0.4, 0.5) is 0 Å². The van der Waals surface area contributed by atoms with Crippen LogP contribution in [0.1, 0.15) is 6.92 Å². The van der Waals surface area contributed by atoms with Crippen molar-refractivity contribution in [1.29, 1.82) is 0 Å². The normalized spacial score (nSPS) is 1.50. The summed E-state index contributed by atoms with van der Waals surface area (Å²) >= 11 is 0. The average Bonchev–Trinajstić information content (AvgIpc) is 1.00. The van der Waals surface area contributed by atoms with Crippen LogP contribution in [-0.2, 0) is 0 Å². The fourth-order valence-corrected chi connectivity index (χ4v) is 0. The Labute approximate surface area is 53.9 Å². The third-order valence-electron chi connectivity index (χ3n) is 0. The van der Waals surface area contributed by atoms with Gasteiger partial charge in [0, 0.05) is 0 Å². The van der Waals surface area contributed by atoms with Gasteiger partial charge in [-0.25, -0.2) is 0 Å². The van der Waals surface area contributed by atoms with Gasteiger partial charge in [-0.05, 0) is 0 Å². The van der Waals surface area contributed by atoms with Crippen LogP contribution in [0.5, 0.6) is 0 Å². The molecule has 0 N–H and O–H groups in total. The fourth-order valence-electron chi connectivity index (χ4n) is 0. The minimum atomic E-state index is 0. The molecular weight excluding hydrogens is 128 g/mol. The van der Waals surface area contributed by atoms with Crippen molar-refractivity contribution >= 4 is 23.1 Å². The van der Waals surface area contributed by atoms with Gasteiger partial charge in [-0.2, -0.15) is 6.92 Å². The van der Waals surface area contributed by atoms with E-state index in [2.05, 4.69) is 6.92 Å². The Morgan fingerprint density at radius 3 is 1.25 bits per heavy atom. The summed E-state index contributed by atoms with van der Waals surface area (Å²) in [5.41, 5.74) is 0. The van der Waals surface area contributed by atoms with Crippen molar-refractivity contribution in [3.63, 3.8) is 0 Å². The molecule has 0 heterocycles. The van der Waals surface area contributed by atoms with Crippen LogP contribution in [0.15, 0.2) is 0 Å². The third kappa shape index (κ3) is 10.5. The van der Waals surface area contributed by atoms with Gasteiger partial charge in [0.2, 0.25) is 0 Å². The Kier molecular flexibility index (Phi) is 135. The number of hydrogen-bond donors (Lipinski definition) is 0. The predicted molar refractivity (Wildman–Crippen MR) is 16.8 cm³/mol. The van der Waals surface area contributed by atoms with Gasteiger partial charge < -0.3 is 23.9 Å². The van der Waals surface area contributed by atoms with Crippen molar-refractivity contribution in [3.8, 4) is 0 Å². The van der Waals surface area contributed by atoms with Gasteiger partial charge in [0.25, 0.3) is 0 Å². The molecule has 0 aromatic carbocycles.